The number of hydrogen-bond donors (Lipinski definition) is 3. The maximum absolute atomic E-state index is 14.4. The monoisotopic (exact) mass is 551 g/mol. The summed E-state index contributed by atoms with van der Waals surface area (Å²) in [6.07, 6.45) is 4.60. The van der Waals surface area contributed by atoms with Gasteiger partial charge in [0.2, 0.25) is 11.8 Å². The molecule has 2 atom stereocenters. The molecule has 2 aromatic rings. The van der Waals surface area contributed by atoms with Crippen LogP contribution in [0.4, 0.5) is 4.79 Å². The third-order valence-electron chi connectivity index (χ3n) is 7.10. The van der Waals surface area contributed by atoms with Crippen LogP contribution in [0, 0.1) is 6.92 Å². The highest BCUT2D eigenvalue weighted by atomic mass is 16.6. The minimum atomic E-state index is -0.970. The first-order chi connectivity index (χ1) is 18.9. The number of nitrogens with one attached hydrogen (secondary N) is 2. The summed E-state index contributed by atoms with van der Waals surface area (Å²) in [5.74, 6) is -0.542. The molecule has 1 fully saturated rings. The van der Waals surface area contributed by atoms with Crippen LogP contribution in [-0.2, 0) is 20.7 Å². The lowest BCUT2D eigenvalue weighted by Gasteiger charge is -2.38. The summed E-state index contributed by atoms with van der Waals surface area (Å²) in [6, 6.07) is 12.2. The number of carbonyl (C=O) groups is 3. The summed E-state index contributed by atoms with van der Waals surface area (Å²) < 4.78 is 5.49. The Bertz CT molecular complexity index is 1150. The first-order valence-electron chi connectivity index (χ1n) is 14.3. The van der Waals surface area contributed by atoms with Crippen molar-refractivity contribution < 1.29 is 24.2 Å². The van der Waals surface area contributed by atoms with Gasteiger partial charge >= 0.3 is 6.09 Å². The first kappa shape index (κ1) is 31.0. The number of aryl methyl sites for hydroxylation is 1. The molecule has 3 N–H and O–H groups in total. The number of hydrogen-bond acceptors (Lipinski definition) is 5. The molecular weight excluding hydrogens is 506 g/mol. The van der Waals surface area contributed by atoms with E-state index in [1.807, 2.05) is 44.2 Å². The second kappa shape index (κ2) is 13.7. The molecule has 2 aromatic carbocycles. The fourth-order valence-electron chi connectivity index (χ4n) is 5.17. The van der Waals surface area contributed by atoms with Crippen LogP contribution in [0.2, 0.25) is 0 Å². The Hall–Kier alpha value is -3.55. The van der Waals surface area contributed by atoms with Crippen LogP contribution in [0.1, 0.15) is 89.5 Å². The van der Waals surface area contributed by atoms with E-state index < -0.39 is 23.8 Å². The molecule has 218 valence electrons. The van der Waals surface area contributed by atoms with Gasteiger partial charge in [0.05, 0.1) is 0 Å². The number of ether oxygens (including phenoxy) is 1. The Morgan fingerprint density at radius 3 is 2.25 bits per heavy atom. The van der Waals surface area contributed by atoms with E-state index in [4.69, 9.17) is 4.74 Å². The highest BCUT2D eigenvalue weighted by Crippen LogP contribution is 2.30. The van der Waals surface area contributed by atoms with Gasteiger partial charge in [-0.25, -0.2) is 4.79 Å². The zero-order chi connectivity index (χ0) is 29.4. The average Bonchev–Trinajstić information content (AvgIpc) is 2.88. The van der Waals surface area contributed by atoms with Gasteiger partial charge in [-0.3, -0.25) is 9.59 Å². The van der Waals surface area contributed by atoms with E-state index in [1.165, 1.54) is 0 Å². The van der Waals surface area contributed by atoms with Crippen molar-refractivity contribution in [3.05, 3.63) is 65.2 Å². The zero-order valence-electron chi connectivity index (χ0n) is 24.7. The number of alkyl carbamates (subject to hydrolysis) is 1. The van der Waals surface area contributed by atoms with Crippen molar-refractivity contribution in [2.45, 2.75) is 110 Å². The predicted molar refractivity (Wildman–Crippen MR) is 156 cm³/mol. The maximum atomic E-state index is 14.4. The molecule has 40 heavy (non-hydrogen) atoms. The predicted octanol–water partition coefficient (Wildman–Crippen LogP) is 5.56. The fraction of sp³-hybridized carbons (Fsp3) is 0.531. The van der Waals surface area contributed by atoms with E-state index in [1.54, 1.807) is 50.8 Å². The van der Waals surface area contributed by atoms with Gasteiger partial charge in [-0.15, -0.1) is 0 Å². The Labute approximate surface area is 238 Å². The largest absolute Gasteiger partial charge is 0.508 e. The Morgan fingerprint density at radius 2 is 1.68 bits per heavy atom. The van der Waals surface area contributed by atoms with Gasteiger partial charge in [0, 0.05) is 18.5 Å². The van der Waals surface area contributed by atoms with Gasteiger partial charge in [0.1, 0.15) is 23.4 Å². The van der Waals surface area contributed by atoms with Crippen LogP contribution in [0.15, 0.2) is 48.5 Å². The van der Waals surface area contributed by atoms with Gasteiger partial charge in [0.25, 0.3) is 0 Å². The first-order valence-corrected chi connectivity index (χ1v) is 14.3. The Kier molecular flexibility index (Phi) is 10.6. The van der Waals surface area contributed by atoms with Crippen LogP contribution in [-0.4, -0.2) is 51.6 Å². The van der Waals surface area contributed by atoms with Crippen molar-refractivity contribution in [2.24, 2.45) is 0 Å². The van der Waals surface area contributed by atoms with Crippen molar-refractivity contribution in [3.8, 4) is 5.75 Å². The molecule has 0 heterocycles. The Morgan fingerprint density at radius 1 is 1.02 bits per heavy atom. The average molecular weight is 552 g/mol. The van der Waals surface area contributed by atoms with Crippen LogP contribution >= 0.6 is 0 Å². The van der Waals surface area contributed by atoms with Crippen molar-refractivity contribution in [2.75, 3.05) is 0 Å². The lowest BCUT2D eigenvalue weighted by Crippen LogP contribution is -2.56. The smallest absolute Gasteiger partial charge is 0.408 e. The normalized spacial score (nSPS) is 15.7. The van der Waals surface area contributed by atoms with Crippen molar-refractivity contribution in [3.63, 3.8) is 0 Å². The van der Waals surface area contributed by atoms with Crippen molar-refractivity contribution in [1.29, 1.82) is 0 Å². The van der Waals surface area contributed by atoms with Gasteiger partial charge in [-0.2, -0.15) is 0 Å². The highest BCUT2D eigenvalue weighted by Gasteiger charge is 2.38. The fourth-order valence-corrected chi connectivity index (χ4v) is 5.17. The standard InChI is InChI=1S/C32H45N3O5/c1-21(2)35(30(38)26(20-23-13-9-7-10-14-23)34-31(39)40-32(4,5)6)28(24-17-18-27(36)22(3)19-24)29(37)33-25-15-11-8-12-16-25/h7,9-10,13-14,17-19,21,25-26,28,36H,8,11-12,15-16,20H2,1-6H3,(H,33,37)(H,34,39). The van der Waals surface area contributed by atoms with Crippen LogP contribution in [0.25, 0.3) is 0 Å². The van der Waals surface area contributed by atoms with Crippen molar-refractivity contribution >= 4 is 17.9 Å². The molecule has 8 heteroatoms. The summed E-state index contributed by atoms with van der Waals surface area (Å²) in [5.41, 5.74) is 1.33. The second-order valence-electron chi connectivity index (χ2n) is 12.0. The quantitative estimate of drug-likeness (QED) is 0.378. The van der Waals surface area contributed by atoms with E-state index in [-0.39, 0.29) is 36.1 Å². The van der Waals surface area contributed by atoms with E-state index >= 15 is 0 Å². The van der Waals surface area contributed by atoms with Crippen molar-refractivity contribution in [1.82, 2.24) is 15.5 Å². The lowest BCUT2D eigenvalue weighted by molar-refractivity contribution is -0.145. The molecule has 0 saturated heterocycles. The number of amides is 3. The van der Waals surface area contributed by atoms with E-state index in [9.17, 15) is 19.5 Å². The van der Waals surface area contributed by atoms with E-state index in [2.05, 4.69) is 10.6 Å². The summed E-state index contributed by atoms with van der Waals surface area (Å²) in [5, 5.41) is 16.2. The zero-order valence-corrected chi connectivity index (χ0v) is 24.7. The molecule has 0 spiro atoms. The second-order valence-corrected chi connectivity index (χ2v) is 12.0. The number of rotatable bonds is 9. The molecule has 0 radical (unpaired) electrons. The topological polar surface area (TPSA) is 108 Å². The third-order valence-corrected chi connectivity index (χ3v) is 7.10. The maximum Gasteiger partial charge on any atom is 0.408 e. The molecule has 1 aliphatic rings. The van der Waals surface area contributed by atoms with Gasteiger partial charge in [-0.05, 0) is 83.2 Å². The number of phenolic OH excluding ortho intramolecular Hbond substituents is 1. The summed E-state index contributed by atoms with van der Waals surface area (Å²) in [4.78, 5) is 42.8. The molecule has 3 amide bonds. The van der Waals surface area contributed by atoms with Gasteiger partial charge in [0.15, 0.2) is 0 Å². The number of benzene rings is 2. The molecule has 3 rings (SSSR count). The van der Waals surface area contributed by atoms with Crippen LogP contribution < -0.4 is 10.6 Å². The highest BCUT2D eigenvalue weighted by molar-refractivity contribution is 5.92. The lowest BCUT2D eigenvalue weighted by atomic mass is 9.94. The van der Waals surface area contributed by atoms with Crippen LogP contribution in [0.5, 0.6) is 5.75 Å². The summed E-state index contributed by atoms with van der Waals surface area (Å²) >= 11 is 0. The molecule has 0 aromatic heterocycles. The number of aromatic hydroxyl groups is 1. The van der Waals surface area contributed by atoms with Gasteiger partial charge in [-0.1, -0.05) is 55.7 Å². The molecule has 0 bridgehead atoms. The molecule has 8 nitrogen and oxygen atoms in total. The minimum absolute atomic E-state index is 0.0473. The van der Waals surface area contributed by atoms with E-state index in [0.717, 1.165) is 37.7 Å². The summed E-state index contributed by atoms with van der Waals surface area (Å²) in [6.45, 7) is 10.8. The van der Waals surface area contributed by atoms with Crippen LogP contribution in [0.3, 0.4) is 0 Å². The SMILES string of the molecule is Cc1cc(C(C(=O)NC2CCCCC2)N(C(=O)C(Cc2ccccc2)NC(=O)OC(C)(C)C)C(C)C)ccc1O. The summed E-state index contributed by atoms with van der Waals surface area (Å²) in [7, 11) is 0. The Balaban J connectivity index is 2.01. The number of carbonyl (C=O) groups excluding carboxylic acids is 3. The molecule has 2 unspecified atom stereocenters. The molecular formula is C32H45N3O5. The minimum Gasteiger partial charge on any atom is -0.508 e. The number of nitrogens with zero attached hydrogens (tertiary/aromatic N) is 1. The van der Waals surface area contributed by atoms with E-state index in [0.29, 0.717) is 11.1 Å². The van der Waals surface area contributed by atoms with Gasteiger partial charge < -0.3 is 25.4 Å². The number of phenols is 1. The molecule has 1 aliphatic carbocycles. The third kappa shape index (κ3) is 8.73. The molecule has 1 saturated carbocycles. The molecule has 0 aliphatic heterocycles.